The first kappa shape index (κ1) is 14.9. The molecule has 5 nitrogen and oxygen atoms in total. The van der Waals surface area contributed by atoms with Gasteiger partial charge in [-0.2, -0.15) is 11.8 Å². The zero-order valence-corrected chi connectivity index (χ0v) is 12.5. The molecule has 0 radical (unpaired) electrons. The van der Waals surface area contributed by atoms with Gasteiger partial charge in [0, 0.05) is 11.3 Å². The van der Waals surface area contributed by atoms with Crippen LogP contribution in [-0.4, -0.2) is 43.8 Å². The lowest BCUT2D eigenvalue weighted by atomic mass is 10.1. The van der Waals surface area contributed by atoms with E-state index in [-0.39, 0.29) is 23.5 Å². The highest BCUT2D eigenvalue weighted by Gasteiger charge is 2.23. The average molecular weight is 294 g/mol. The normalized spacial score (nSPS) is 14.4. The smallest absolute Gasteiger partial charge is 0.337 e. The number of thioether (sulfide) groups is 1. The molecule has 0 aliphatic rings. The van der Waals surface area contributed by atoms with Crippen molar-refractivity contribution in [3.63, 3.8) is 0 Å². The van der Waals surface area contributed by atoms with Gasteiger partial charge in [-0.1, -0.05) is 6.07 Å². The van der Waals surface area contributed by atoms with Gasteiger partial charge >= 0.3 is 5.97 Å². The van der Waals surface area contributed by atoms with Crippen LogP contribution in [0.1, 0.15) is 29.1 Å². The third-order valence-corrected chi connectivity index (χ3v) is 4.69. The number of aliphatic hydroxyl groups excluding tert-OH is 1. The fourth-order valence-electron chi connectivity index (χ4n) is 2.53. The van der Waals surface area contributed by atoms with Crippen LogP contribution in [0.25, 0.3) is 11.0 Å². The SMILES string of the molecule is CSC(CO)C(C)n1c(C)nc2cccc(C(=O)O)c21. The van der Waals surface area contributed by atoms with Crippen LogP contribution in [-0.2, 0) is 0 Å². The van der Waals surface area contributed by atoms with Gasteiger partial charge in [-0.05, 0) is 32.2 Å². The summed E-state index contributed by atoms with van der Waals surface area (Å²) in [6.07, 6.45) is 1.93. The van der Waals surface area contributed by atoms with Crippen molar-refractivity contribution in [1.29, 1.82) is 0 Å². The van der Waals surface area contributed by atoms with Crippen molar-refractivity contribution in [3.05, 3.63) is 29.6 Å². The van der Waals surface area contributed by atoms with E-state index in [1.807, 2.05) is 30.7 Å². The molecule has 1 aromatic heterocycles. The van der Waals surface area contributed by atoms with Crippen molar-refractivity contribution < 1.29 is 15.0 Å². The summed E-state index contributed by atoms with van der Waals surface area (Å²) < 4.78 is 1.91. The standard InChI is InChI=1S/C14H18N2O3S/c1-8(12(7-17)20-3)16-9(2)15-11-6-4-5-10(13(11)16)14(18)19/h4-6,8,12,17H,7H2,1-3H3,(H,18,19). The van der Waals surface area contributed by atoms with Gasteiger partial charge in [0.05, 0.1) is 23.2 Å². The molecule has 0 fully saturated rings. The van der Waals surface area contributed by atoms with Crippen molar-refractivity contribution in [2.75, 3.05) is 12.9 Å². The first-order chi connectivity index (χ1) is 9.51. The zero-order valence-electron chi connectivity index (χ0n) is 11.7. The van der Waals surface area contributed by atoms with Crippen LogP contribution in [0.2, 0.25) is 0 Å². The van der Waals surface area contributed by atoms with E-state index >= 15 is 0 Å². The number of imidazole rings is 1. The van der Waals surface area contributed by atoms with E-state index in [0.717, 1.165) is 5.82 Å². The second-order valence-corrected chi connectivity index (χ2v) is 5.78. The van der Waals surface area contributed by atoms with E-state index in [4.69, 9.17) is 0 Å². The number of carbonyl (C=O) groups is 1. The molecule has 2 atom stereocenters. The number of benzene rings is 1. The molecule has 2 unspecified atom stereocenters. The van der Waals surface area contributed by atoms with Gasteiger partial charge in [-0.3, -0.25) is 0 Å². The molecule has 20 heavy (non-hydrogen) atoms. The van der Waals surface area contributed by atoms with Gasteiger partial charge in [0.15, 0.2) is 0 Å². The number of hydrogen-bond donors (Lipinski definition) is 2. The number of aromatic nitrogens is 2. The van der Waals surface area contributed by atoms with E-state index < -0.39 is 5.97 Å². The number of hydrogen-bond acceptors (Lipinski definition) is 4. The molecule has 0 amide bonds. The van der Waals surface area contributed by atoms with Crippen molar-refractivity contribution in [2.24, 2.45) is 0 Å². The maximum atomic E-state index is 11.4. The minimum absolute atomic E-state index is 0.00653. The molecule has 1 heterocycles. The Morgan fingerprint density at radius 3 is 2.75 bits per heavy atom. The van der Waals surface area contributed by atoms with Crippen LogP contribution < -0.4 is 0 Å². The number of aliphatic hydroxyl groups is 1. The maximum absolute atomic E-state index is 11.4. The minimum Gasteiger partial charge on any atom is -0.478 e. The van der Waals surface area contributed by atoms with Crippen LogP contribution in [0.15, 0.2) is 18.2 Å². The van der Waals surface area contributed by atoms with E-state index in [2.05, 4.69) is 4.98 Å². The summed E-state index contributed by atoms with van der Waals surface area (Å²) in [5, 5.41) is 18.8. The summed E-state index contributed by atoms with van der Waals surface area (Å²) >= 11 is 1.56. The fraction of sp³-hybridized carbons (Fsp3) is 0.429. The summed E-state index contributed by atoms with van der Waals surface area (Å²) in [7, 11) is 0. The molecule has 2 aromatic rings. The Hall–Kier alpha value is -1.53. The van der Waals surface area contributed by atoms with Crippen molar-refractivity contribution in [2.45, 2.75) is 25.1 Å². The number of aryl methyl sites for hydroxylation is 1. The largest absolute Gasteiger partial charge is 0.478 e. The highest BCUT2D eigenvalue weighted by atomic mass is 32.2. The number of fused-ring (bicyclic) bond motifs is 1. The molecule has 1 aromatic carbocycles. The van der Waals surface area contributed by atoms with Crippen LogP contribution >= 0.6 is 11.8 Å². The number of para-hydroxylation sites is 1. The third-order valence-electron chi connectivity index (χ3n) is 3.54. The predicted octanol–water partition coefficient (Wildman–Crippen LogP) is 2.33. The van der Waals surface area contributed by atoms with E-state index in [9.17, 15) is 15.0 Å². The van der Waals surface area contributed by atoms with Gasteiger partial charge in [-0.25, -0.2) is 9.78 Å². The Labute approximate surface area is 121 Å². The molecule has 6 heteroatoms. The molecule has 0 aliphatic heterocycles. The van der Waals surface area contributed by atoms with Crippen LogP contribution in [0.3, 0.4) is 0 Å². The monoisotopic (exact) mass is 294 g/mol. The predicted molar refractivity (Wildman–Crippen MR) is 80.5 cm³/mol. The van der Waals surface area contributed by atoms with Gasteiger partial charge in [0.1, 0.15) is 5.82 Å². The van der Waals surface area contributed by atoms with E-state index in [1.54, 1.807) is 23.9 Å². The summed E-state index contributed by atoms with van der Waals surface area (Å²) in [6, 6.07) is 5.05. The van der Waals surface area contributed by atoms with Crippen molar-refractivity contribution in [3.8, 4) is 0 Å². The molecule has 2 rings (SSSR count). The molecule has 2 N–H and O–H groups in total. The second kappa shape index (κ2) is 5.85. The van der Waals surface area contributed by atoms with Crippen LogP contribution in [0.4, 0.5) is 0 Å². The Bertz CT molecular complexity index is 635. The number of rotatable bonds is 5. The van der Waals surface area contributed by atoms with Gasteiger partial charge in [0.2, 0.25) is 0 Å². The highest BCUT2D eigenvalue weighted by molar-refractivity contribution is 7.99. The Morgan fingerprint density at radius 1 is 1.50 bits per heavy atom. The lowest BCUT2D eigenvalue weighted by Gasteiger charge is -2.24. The molecule has 108 valence electrons. The van der Waals surface area contributed by atoms with Gasteiger partial charge < -0.3 is 14.8 Å². The summed E-state index contributed by atoms with van der Waals surface area (Å²) in [5.74, 6) is -0.206. The second-order valence-electron chi connectivity index (χ2n) is 4.70. The van der Waals surface area contributed by atoms with Crippen LogP contribution in [0.5, 0.6) is 0 Å². The summed E-state index contributed by atoms with van der Waals surface area (Å²) in [6.45, 7) is 3.87. The zero-order chi connectivity index (χ0) is 14.9. The summed E-state index contributed by atoms with van der Waals surface area (Å²) in [4.78, 5) is 15.8. The van der Waals surface area contributed by atoms with Crippen molar-refractivity contribution >= 4 is 28.8 Å². The first-order valence-electron chi connectivity index (χ1n) is 6.35. The fourth-order valence-corrected chi connectivity index (χ4v) is 3.19. The molecular formula is C14H18N2O3S. The van der Waals surface area contributed by atoms with E-state index in [1.165, 1.54) is 0 Å². The Kier molecular flexibility index (Phi) is 4.35. The summed E-state index contributed by atoms with van der Waals surface area (Å²) in [5.41, 5.74) is 1.54. The molecule has 0 saturated carbocycles. The molecule has 0 spiro atoms. The minimum atomic E-state index is -0.964. The van der Waals surface area contributed by atoms with Crippen molar-refractivity contribution in [1.82, 2.24) is 9.55 Å². The molecule has 0 aliphatic carbocycles. The first-order valence-corrected chi connectivity index (χ1v) is 7.64. The molecule has 0 bridgehead atoms. The van der Waals surface area contributed by atoms with Gasteiger partial charge in [0.25, 0.3) is 0 Å². The maximum Gasteiger partial charge on any atom is 0.337 e. The lowest BCUT2D eigenvalue weighted by molar-refractivity contribution is 0.0698. The highest BCUT2D eigenvalue weighted by Crippen LogP contribution is 2.29. The molecule has 0 saturated heterocycles. The third kappa shape index (κ3) is 2.41. The number of nitrogens with zero attached hydrogens (tertiary/aromatic N) is 2. The lowest BCUT2D eigenvalue weighted by Crippen LogP contribution is -2.23. The van der Waals surface area contributed by atoms with E-state index in [0.29, 0.717) is 11.0 Å². The number of carboxylic acid groups (broad SMARTS) is 1. The number of carboxylic acids is 1. The Balaban J connectivity index is 2.69. The topological polar surface area (TPSA) is 75.3 Å². The van der Waals surface area contributed by atoms with Gasteiger partial charge in [-0.15, -0.1) is 0 Å². The average Bonchev–Trinajstić information content (AvgIpc) is 2.75. The Morgan fingerprint density at radius 2 is 2.20 bits per heavy atom. The molecular weight excluding hydrogens is 276 g/mol. The number of aromatic carboxylic acids is 1. The quantitative estimate of drug-likeness (QED) is 0.885. The van der Waals surface area contributed by atoms with Crippen LogP contribution in [0, 0.1) is 6.92 Å².